The number of allylic oxidation sites excluding steroid dienone is 10. The van der Waals surface area contributed by atoms with Gasteiger partial charge in [0.2, 0.25) is 5.91 Å². The average molecular weight is 776 g/mol. The van der Waals surface area contributed by atoms with Crippen LogP contribution in [0.15, 0.2) is 60.8 Å². The maximum absolute atomic E-state index is 12.6. The number of aliphatic hydroxyl groups excluding tert-OH is 1. The first kappa shape index (κ1) is 52.0. The Morgan fingerprint density at radius 3 is 1.31 bits per heavy atom. The largest absolute Gasteiger partial charge is 0.391 e. The third-order valence-electron chi connectivity index (χ3n) is 9.99. The lowest BCUT2D eigenvalue weighted by atomic mass is 10.0. The van der Waals surface area contributed by atoms with Gasteiger partial charge >= 0.3 is 0 Å². The number of amides is 1. The maximum atomic E-state index is 12.6. The molecule has 0 bridgehead atoms. The van der Waals surface area contributed by atoms with Gasteiger partial charge in [-0.1, -0.05) is 209 Å². The Bertz CT molecular complexity index is 1080. The molecule has 0 heterocycles. The molecule has 54 heavy (non-hydrogen) atoms. The Morgan fingerprint density at radius 1 is 0.519 bits per heavy atom. The number of hydrogen-bond donors (Lipinski definition) is 3. The van der Waals surface area contributed by atoms with E-state index >= 15 is 0 Å². The first-order valence-corrected chi connectivity index (χ1v) is 24.1. The van der Waals surface area contributed by atoms with E-state index in [1.54, 1.807) is 0 Å². The van der Waals surface area contributed by atoms with Crippen molar-refractivity contribution in [3.63, 3.8) is 0 Å². The molecule has 0 aliphatic rings. The fourth-order valence-corrected chi connectivity index (χ4v) is 7.42. The lowest BCUT2D eigenvalue weighted by Gasteiger charge is -2.23. The zero-order valence-electron chi connectivity index (χ0n) is 35.1. The van der Waals surface area contributed by atoms with Crippen molar-refractivity contribution in [2.45, 2.75) is 225 Å². The number of rotatable bonds is 40. The minimum atomic E-state index is -4.32. The van der Waals surface area contributed by atoms with Crippen molar-refractivity contribution in [1.29, 1.82) is 0 Å². The van der Waals surface area contributed by atoms with Crippen molar-refractivity contribution in [2.75, 3.05) is 5.75 Å². The summed E-state index contributed by atoms with van der Waals surface area (Å²) in [6.07, 6.45) is 56.0. The van der Waals surface area contributed by atoms with Crippen LogP contribution in [-0.2, 0) is 14.9 Å². The van der Waals surface area contributed by atoms with Gasteiger partial charge in [0.25, 0.3) is 10.1 Å². The van der Waals surface area contributed by atoms with E-state index in [-0.39, 0.29) is 5.91 Å². The summed E-state index contributed by atoms with van der Waals surface area (Å²) in [7, 11) is -4.32. The van der Waals surface area contributed by atoms with Crippen LogP contribution in [0.1, 0.15) is 213 Å². The molecule has 0 aromatic rings. The molecule has 7 heteroatoms. The first-order valence-electron chi connectivity index (χ1n) is 22.5. The smallest absolute Gasteiger partial charge is 0.266 e. The molecule has 0 aromatic heterocycles. The van der Waals surface area contributed by atoms with E-state index in [9.17, 15) is 22.9 Å². The minimum Gasteiger partial charge on any atom is -0.391 e. The molecule has 0 aromatic carbocycles. The SMILES string of the molecule is CC/C=C\C/C=C\C/C=C\C/C=C\C/C=C\CCCCCCCC(=O)NC(CS(=O)(=O)O)C(O)CCCCCCCCCCCCCCCCCCCC. The van der Waals surface area contributed by atoms with Crippen LogP contribution in [0.5, 0.6) is 0 Å². The van der Waals surface area contributed by atoms with Crippen LogP contribution in [0.2, 0.25) is 0 Å². The number of aliphatic hydroxyl groups is 1. The zero-order valence-corrected chi connectivity index (χ0v) is 35.9. The Kier molecular flexibility index (Phi) is 39.2. The first-order chi connectivity index (χ1) is 26.3. The Labute approximate surface area is 334 Å². The second-order valence-corrected chi connectivity index (χ2v) is 16.8. The van der Waals surface area contributed by atoms with Crippen molar-refractivity contribution in [3.8, 4) is 0 Å². The monoisotopic (exact) mass is 776 g/mol. The Morgan fingerprint density at radius 2 is 0.889 bits per heavy atom. The van der Waals surface area contributed by atoms with E-state index < -0.39 is 28.0 Å². The summed E-state index contributed by atoms with van der Waals surface area (Å²) in [5, 5.41) is 13.4. The quantitative estimate of drug-likeness (QED) is 0.0327. The lowest BCUT2D eigenvalue weighted by Crippen LogP contribution is -2.47. The van der Waals surface area contributed by atoms with Gasteiger partial charge in [-0.05, 0) is 57.8 Å². The predicted octanol–water partition coefficient (Wildman–Crippen LogP) is 13.6. The fraction of sp³-hybridized carbons (Fsp3) is 0.766. The standard InChI is InChI=1S/C47H85NO5S/c1-3-5-7-9-11-13-15-17-19-21-23-24-25-27-29-31-33-35-37-39-41-43-47(50)48-45(44-54(51,52)53)46(49)42-40-38-36-34-32-30-28-26-22-20-18-16-14-12-10-8-6-4-2/h5,7,11,13,17,19,23-24,27,29,45-46,49H,3-4,6,8-10,12,14-16,18,20-22,25-26,28,30-44H2,1-2H3,(H,48,50)(H,51,52,53)/b7-5-,13-11-,19-17-,24-23-,29-27-. The average Bonchev–Trinajstić information content (AvgIpc) is 3.14. The fourth-order valence-electron chi connectivity index (χ4n) is 6.66. The lowest BCUT2D eigenvalue weighted by molar-refractivity contribution is -0.122. The summed E-state index contributed by atoms with van der Waals surface area (Å²) >= 11 is 0. The van der Waals surface area contributed by atoms with Gasteiger partial charge in [-0.3, -0.25) is 9.35 Å². The van der Waals surface area contributed by atoms with Crippen molar-refractivity contribution in [1.82, 2.24) is 5.32 Å². The molecule has 0 saturated heterocycles. The molecule has 2 atom stereocenters. The second kappa shape index (κ2) is 40.7. The summed E-state index contributed by atoms with van der Waals surface area (Å²) < 4.78 is 32.6. The molecular formula is C47H85NO5S. The van der Waals surface area contributed by atoms with Crippen molar-refractivity contribution >= 4 is 16.0 Å². The third-order valence-corrected chi connectivity index (χ3v) is 10.8. The van der Waals surface area contributed by atoms with Gasteiger partial charge in [0.05, 0.1) is 17.9 Å². The summed E-state index contributed by atoms with van der Waals surface area (Å²) in [5.41, 5.74) is 0. The summed E-state index contributed by atoms with van der Waals surface area (Å²) in [6, 6.07) is -0.984. The Balaban J connectivity index is 3.89. The molecule has 6 nitrogen and oxygen atoms in total. The van der Waals surface area contributed by atoms with E-state index in [2.05, 4.69) is 79.9 Å². The maximum Gasteiger partial charge on any atom is 0.266 e. The van der Waals surface area contributed by atoms with Crippen LogP contribution >= 0.6 is 0 Å². The number of unbranched alkanes of at least 4 members (excludes halogenated alkanes) is 22. The van der Waals surface area contributed by atoms with E-state index in [0.717, 1.165) is 89.9 Å². The van der Waals surface area contributed by atoms with Gasteiger partial charge in [0.15, 0.2) is 0 Å². The van der Waals surface area contributed by atoms with Gasteiger partial charge in [0, 0.05) is 6.42 Å². The summed E-state index contributed by atoms with van der Waals surface area (Å²) in [4.78, 5) is 12.6. The van der Waals surface area contributed by atoms with Crippen LogP contribution in [-0.4, -0.2) is 41.9 Å². The van der Waals surface area contributed by atoms with Gasteiger partial charge in [0.1, 0.15) is 0 Å². The number of carbonyl (C=O) groups is 1. The molecule has 0 aliphatic heterocycles. The van der Waals surface area contributed by atoms with E-state index in [1.807, 2.05) is 0 Å². The molecule has 0 radical (unpaired) electrons. The third kappa shape index (κ3) is 41.2. The molecule has 0 aliphatic carbocycles. The van der Waals surface area contributed by atoms with E-state index in [4.69, 9.17) is 0 Å². The highest BCUT2D eigenvalue weighted by Gasteiger charge is 2.26. The van der Waals surface area contributed by atoms with Crippen LogP contribution in [0.3, 0.4) is 0 Å². The van der Waals surface area contributed by atoms with Crippen molar-refractivity contribution in [3.05, 3.63) is 60.8 Å². The van der Waals surface area contributed by atoms with Crippen molar-refractivity contribution in [2.24, 2.45) is 0 Å². The van der Waals surface area contributed by atoms with Gasteiger partial charge in [-0.25, -0.2) is 0 Å². The highest BCUT2D eigenvalue weighted by Crippen LogP contribution is 2.16. The highest BCUT2D eigenvalue weighted by molar-refractivity contribution is 7.85. The molecule has 0 saturated carbocycles. The normalized spacial score (nSPS) is 13.8. The van der Waals surface area contributed by atoms with Gasteiger partial charge in [-0.15, -0.1) is 0 Å². The topological polar surface area (TPSA) is 104 Å². The van der Waals surface area contributed by atoms with Gasteiger partial charge < -0.3 is 10.4 Å². The molecule has 1 amide bonds. The predicted molar refractivity (Wildman–Crippen MR) is 235 cm³/mol. The molecule has 0 spiro atoms. The van der Waals surface area contributed by atoms with Crippen molar-refractivity contribution < 1.29 is 22.9 Å². The number of carbonyl (C=O) groups excluding carboxylic acids is 1. The number of hydrogen-bond acceptors (Lipinski definition) is 4. The van der Waals surface area contributed by atoms with E-state index in [0.29, 0.717) is 12.8 Å². The van der Waals surface area contributed by atoms with Crippen LogP contribution < -0.4 is 5.32 Å². The van der Waals surface area contributed by atoms with Crippen LogP contribution in [0.4, 0.5) is 0 Å². The van der Waals surface area contributed by atoms with Crippen LogP contribution in [0, 0.1) is 0 Å². The van der Waals surface area contributed by atoms with Crippen LogP contribution in [0.25, 0.3) is 0 Å². The zero-order chi connectivity index (χ0) is 39.6. The minimum absolute atomic E-state index is 0.265. The molecule has 314 valence electrons. The number of nitrogens with one attached hydrogen (secondary N) is 1. The molecule has 0 rings (SSSR count). The highest BCUT2D eigenvalue weighted by atomic mass is 32.2. The summed E-state index contributed by atoms with van der Waals surface area (Å²) in [6.45, 7) is 4.42. The summed E-state index contributed by atoms with van der Waals surface area (Å²) in [5.74, 6) is -0.923. The molecular weight excluding hydrogens is 691 g/mol. The molecule has 3 N–H and O–H groups in total. The molecule has 2 unspecified atom stereocenters. The van der Waals surface area contributed by atoms with Gasteiger partial charge in [-0.2, -0.15) is 8.42 Å². The van der Waals surface area contributed by atoms with E-state index in [1.165, 1.54) is 96.3 Å². The molecule has 0 fully saturated rings. The second-order valence-electron chi connectivity index (χ2n) is 15.3. The Hall–Kier alpha value is -1.96.